The van der Waals surface area contributed by atoms with Gasteiger partial charge in [0.2, 0.25) is 5.91 Å². The molecule has 2 aliphatic heterocycles. The van der Waals surface area contributed by atoms with Gasteiger partial charge in [0.25, 0.3) is 11.8 Å². The molecule has 2 aliphatic rings. The molecule has 3 amide bonds. The number of para-hydroxylation sites is 2. The molecule has 5 rings (SSSR count). The minimum absolute atomic E-state index is 0.000423. The number of nitrogens with zero attached hydrogens (tertiary/aromatic N) is 2. The van der Waals surface area contributed by atoms with Crippen molar-refractivity contribution in [2.45, 2.75) is 9.79 Å². The summed E-state index contributed by atoms with van der Waals surface area (Å²) in [7, 11) is 0. The number of thioether (sulfide) groups is 1. The van der Waals surface area contributed by atoms with Crippen LogP contribution in [0.4, 0.5) is 11.4 Å². The SMILES string of the molecule is O=C1c2ccccc2C(=O)N1C(=S)SCC(=O)N1c2ccccc2Sc2ccccc21. The molecule has 0 spiro atoms. The Kier molecular flexibility index (Phi) is 5.13. The van der Waals surface area contributed by atoms with Gasteiger partial charge in [-0.15, -0.1) is 0 Å². The standard InChI is InChI=1S/C23H14N2O3S3/c26-20(13-30-23(29)25-21(27)14-7-1-2-8-15(14)22(25)28)24-16-9-3-5-11-18(16)31-19-12-6-4-10-17(19)24/h1-12H,13H2. The van der Waals surface area contributed by atoms with Crippen LogP contribution in [0.2, 0.25) is 0 Å². The fraction of sp³-hybridized carbons (Fsp3) is 0.0435. The number of anilines is 2. The first-order valence-electron chi connectivity index (χ1n) is 9.39. The zero-order chi connectivity index (χ0) is 21.5. The van der Waals surface area contributed by atoms with E-state index >= 15 is 0 Å². The number of imide groups is 1. The van der Waals surface area contributed by atoms with Crippen LogP contribution >= 0.6 is 35.7 Å². The predicted molar refractivity (Wildman–Crippen MR) is 126 cm³/mol. The monoisotopic (exact) mass is 462 g/mol. The number of rotatable bonds is 2. The molecule has 0 radical (unpaired) electrons. The van der Waals surface area contributed by atoms with Gasteiger partial charge in [-0.05, 0) is 36.4 Å². The molecule has 3 aromatic carbocycles. The number of fused-ring (bicyclic) bond motifs is 3. The average molecular weight is 463 g/mol. The lowest BCUT2D eigenvalue weighted by Crippen LogP contribution is -2.35. The van der Waals surface area contributed by atoms with E-state index in [0.717, 1.165) is 37.8 Å². The summed E-state index contributed by atoms with van der Waals surface area (Å²) < 4.78 is 0.0764. The molecule has 152 valence electrons. The van der Waals surface area contributed by atoms with Crippen molar-refractivity contribution in [2.75, 3.05) is 10.7 Å². The molecule has 0 aliphatic carbocycles. The van der Waals surface area contributed by atoms with E-state index in [0.29, 0.717) is 11.1 Å². The number of carbonyl (C=O) groups is 3. The zero-order valence-electron chi connectivity index (χ0n) is 16.0. The fourth-order valence-corrected chi connectivity index (χ4v) is 5.65. The van der Waals surface area contributed by atoms with Crippen LogP contribution in [0, 0.1) is 0 Å². The van der Waals surface area contributed by atoms with E-state index in [-0.39, 0.29) is 16.0 Å². The van der Waals surface area contributed by atoms with Gasteiger partial charge in [0.15, 0.2) is 4.32 Å². The summed E-state index contributed by atoms with van der Waals surface area (Å²) in [6, 6.07) is 22.1. The van der Waals surface area contributed by atoms with Gasteiger partial charge in [-0.3, -0.25) is 19.3 Å². The molecule has 0 saturated carbocycles. The predicted octanol–water partition coefficient (Wildman–Crippen LogP) is 5.13. The zero-order valence-corrected chi connectivity index (χ0v) is 18.4. The first-order valence-corrected chi connectivity index (χ1v) is 11.6. The molecule has 0 saturated heterocycles. The van der Waals surface area contributed by atoms with E-state index < -0.39 is 11.8 Å². The van der Waals surface area contributed by atoms with Gasteiger partial charge in [-0.2, -0.15) is 0 Å². The van der Waals surface area contributed by atoms with Crippen molar-refractivity contribution in [3.8, 4) is 0 Å². The maximum Gasteiger partial charge on any atom is 0.267 e. The van der Waals surface area contributed by atoms with Crippen LogP contribution in [-0.2, 0) is 4.79 Å². The van der Waals surface area contributed by atoms with Crippen LogP contribution in [0.3, 0.4) is 0 Å². The number of benzene rings is 3. The molecule has 5 nitrogen and oxygen atoms in total. The van der Waals surface area contributed by atoms with Crippen molar-refractivity contribution in [1.29, 1.82) is 0 Å². The van der Waals surface area contributed by atoms with Gasteiger partial charge in [0.1, 0.15) is 0 Å². The summed E-state index contributed by atoms with van der Waals surface area (Å²) in [5.74, 6) is -1.07. The molecule has 31 heavy (non-hydrogen) atoms. The van der Waals surface area contributed by atoms with Crippen molar-refractivity contribution < 1.29 is 14.4 Å². The largest absolute Gasteiger partial charge is 0.278 e. The summed E-state index contributed by atoms with van der Waals surface area (Å²) in [6.07, 6.45) is 0. The van der Waals surface area contributed by atoms with E-state index in [2.05, 4.69) is 0 Å². The Hall–Kier alpha value is -2.94. The van der Waals surface area contributed by atoms with Gasteiger partial charge in [-0.25, -0.2) is 4.90 Å². The molecule has 2 heterocycles. The van der Waals surface area contributed by atoms with Crippen LogP contribution in [0.15, 0.2) is 82.6 Å². The van der Waals surface area contributed by atoms with E-state index in [4.69, 9.17) is 12.2 Å². The minimum atomic E-state index is -0.449. The Bertz CT molecular complexity index is 1190. The average Bonchev–Trinajstić information content (AvgIpc) is 3.06. The van der Waals surface area contributed by atoms with Gasteiger partial charge in [-0.1, -0.05) is 72.1 Å². The Balaban J connectivity index is 1.37. The molecule has 3 aromatic rings. The lowest BCUT2D eigenvalue weighted by molar-refractivity contribution is -0.115. The maximum atomic E-state index is 13.3. The normalized spacial score (nSPS) is 14.2. The first kappa shape index (κ1) is 20.0. The second-order valence-corrected chi connectivity index (χ2v) is 9.51. The highest BCUT2D eigenvalue weighted by atomic mass is 32.2. The van der Waals surface area contributed by atoms with Crippen molar-refractivity contribution in [1.82, 2.24) is 4.90 Å². The Labute approximate surface area is 192 Å². The second-order valence-electron chi connectivity index (χ2n) is 6.81. The van der Waals surface area contributed by atoms with Crippen LogP contribution < -0.4 is 4.90 Å². The van der Waals surface area contributed by atoms with Gasteiger partial charge >= 0.3 is 0 Å². The Morgan fingerprint density at radius 1 is 0.774 bits per heavy atom. The quantitative estimate of drug-likeness (QED) is 0.389. The van der Waals surface area contributed by atoms with Crippen LogP contribution in [-0.4, -0.2) is 32.7 Å². The third kappa shape index (κ3) is 3.37. The first-order chi connectivity index (χ1) is 15.1. The lowest BCUT2D eigenvalue weighted by Gasteiger charge is -2.31. The molecule has 0 bridgehead atoms. The topological polar surface area (TPSA) is 57.7 Å². The highest BCUT2D eigenvalue weighted by Gasteiger charge is 2.38. The molecule has 0 unspecified atom stereocenters. The smallest absolute Gasteiger partial charge is 0.267 e. The highest BCUT2D eigenvalue weighted by molar-refractivity contribution is 8.23. The number of amides is 3. The van der Waals surface area contributed by atoms with Crippen LogP contribution in [0.1, 0.15) is 20.7 Å². The van der Waals surface area contributed by atoms with E-state index in [1.54, 1.807) is 40.9 Å². The van der Waals surface area contributed by atoms with Crippen LogP contribution in [0.5, 0.6) is 0 Å². The van der Waals surface area contributed by atoms with Crippen molar-refractivity contribution in [3.63, 3.8) is 0 Å². The van der Waals surface area contributed by atoms with Gasteiger partial charge < -0.3 is 0 Å². The number of hydrogen-bond donors (Lipinski definition) is 0. The summed E-state index contributed by atoms with van der Waals surface area (Å²) in [4.78, 5) is 43.2. The third-order valence-corrected chi connectivity index (χ3v) is 7.46. The summed E-state index contributed by atoms with van der Waals surface area (Å²) in [5, 5.41) is 0. The van der Waals surface area contributed by atoms with E-state index in [1.165, 1.54) is 0 Å². The highest BCUT2D eigenvalue weighted by Crippen LogP contribution is 2.48. The molecular formula is C23H14N2O3S3. The Morgan fingerprint density at radius 2 is 1.26 bits per heavy atom. The maximum absolute atomic E-state index is 13.3. The third-order valence-electron chi connectivity index (χ3n) is 4.98. The number of hydrogen-bond acceptors (Lipinski definition) is 6. The molecule has 0 fully saturated rings. The van der Waals surface area contributed by atoms with E-state index in [1.807, 2.05) is 48.5 Å². The lowest BCUT2D eigenvalue weighted by atomic mass is 10.1. The number of thiocarbonyl (C=S) groups is 1. The van der Waals surface area contributed by atoms with Gasteiger partial charge in [0.05, 0.1) is 28.3 Å². The van der Waals surface area contributed by atoms with Crippen molar-refractivity contribution >= 4 is 69.2 Å². The van der Waals surface area contributed by atoms with Crippen LogP contribution in [0.25, 0.3) is 0 Å². The summed E-state index contributed by atoms with van der Waals surface area (Å²) in [6.45, 7) is 0. The van der Waals surface area contributed by atoms with Crippen molar-refractivity contribution in [2.24, 2.45) is 0 Å². The molecular weight excluding hydrogens is 448 g/mol. The second kappa shape index (κ2) is 7.96. The van der Waals surface area contributed by atoms with Crippen molar-refractivity contribution in [3.05, 3.63) is 83.9 Å². The number of carbonyl (C=O) groups excluding carboxylic acids is 3. The Morgan fingerprint density at radius 3 is 1.81 bits per heavy atom. The molecule has 0 aromatic heterocycles. The summed E-state index contributed by atoms with van der Waals surface area (Å²) >= 11 is 8.00. The van der Waals surface area contributed by atoms with E-state index in [9.17, 15) is 14.4 Å². The molecule has 8 heteroatoms. The summed E-state index contributed by atoms with van der Waals surface area (Å²) in [5.41, 5.74) is 2.28. The van der Waals surface area contributed by atoms with Gasteiger partial charge in [0, 0.05) is 9.79 Å². The molecule has 0 N–H and O–H groups in total. The minimum Gasteiger partial charge on any atom is -0.278 e. The fourth-order valence-electron chi connectivity index (χ4n) is 3.58. The molecule has 0 atom stereocenters.